The lowest BCUT2D eigenvalue weighted by Gasteiger charge is -2.39. The lowest BCUT2D eigenvalue weighted by Crippen LogP contribution is -2.47. The lowest BCUT2D eigenvalue weighted by molar-refractivity contribution is -0.140. The van der Waals surface area contributed by atoms with Crippen LogP contribution in [0.3, 0.4) is 0 Å². The van der Waals surface area contributed by atoms with Crippen molar-refractivity contribution >= 4 is 17.1 Å². The summed E-state index contributed by atoms with van der Waals surface area (Å²) in [4.78, 5) is 13.9. The Balaban J connectivity index is 1.56. The minimum absolute atomic E-state index is 0.0585. The third-order valence-corrected chi connectivity index (χ3v) is 8.22. The number of rotatable bonds is 8. The average molecular weight is 570 g/mol. The molecule has 1 fully saturated rings. The Morgan fingerprint density at radius 1 is 1.00 bits per heavy atom. The van der Waals surface area contributed by atoms with Gasteiger partial charge in [0.1, 0.15) is 5.82 Å². The van der Waals surface area contributed by atoms with Crippen molar-refractivity contribution in [3.63, 3.8) is 0 Å². The highest BCUT2D eigenvalue weighted by Gasteiger charge is 2.35. The number of carboxylic acids is 1. The number of hydrogen-bond donors (Lipinski definition) is 1. The quantitative estimate of drug-likeness (QED) is 0.280. The van der Waals surface area contributed by atoms with Crippen molar-refractivity contribution in [3.05, 3.63) is 105 Å². The molecule has 1 saturated heterocycles. The van der Waals surface area contributed by atoms with Gasteiger partial charge in [-0.25, -0.2) is 9.18 Å². The van der Waals surface area contributed by atoms with Crippen LogP contribution in [0.1, 0.15) is 68.6 Å². The number of alkyl halides is 4. The van der Waals surface area contributed by atoms with Crippen LogP contribution in [-0.2, 0) is 19.0 Å². The van der Waals surface area contributed by atoms with Gasteiger partial charge in [0.25, 0.3) is 0 Å². The standard InChI is InChI=1S/C33H32F5NO2/c1-20-26(12-13-29(31(20)35)33(36,37)38)28-5-2-4-24-17-25(32(40)41)10-11-27(24)30(28)23-8-6-21(7-9-23)16-22-18-39(19-22)15-3-14-34/h6-13,17,22H,2-5,14-16,18-19H2,1H3,(H,40,41). The third-order valence-electron chi connectivity index (χ3n) is 8.22. The molecule has 0 bridgehead atoms. The summed E-state index contributed by atoms with van der Waals surface area (Å²) < 4.78 is 67.8. The van der Waals surface area contributed by atoms with Gasteiger partial charge in [-0.2, -0.15) is 13.2 Å². The Morgan fingerprint density at radius 2 is 1.71 bits per heavy atom. The van der Waals surface area contributed by atoms with Crippen molar-refractivity contribution in [1.82, 2.24) is 4.90 Å². The van der Waals surface area contributed by atoms with E-state index in [1.807, 2.05) is 24.3 Å². The third kappa shape index (κ3) is 6.08. The molecule has 5 rings (SSSR count). The number of aryl methyl sites for hydroxylation is 1. The predicted octanol–water partition coefficient (Wildman–Crippen LogP) is 7.98. The van der Waals surface area contributed by atoms with Gasteiger partial charge < -0.3 is 10.0 Å². The van der Waals surface area contributed by atoms with Crippen molar-refractivity contribution in [3.8, 4) is 0 Å². The second-order valence-corrected chi connectivity index (χ2v) is 11.1. The van der Waals surface area contributed by atoms with Crippen molar-refractivity contribution in [2.75, 3.05) is 26.3 Å². The smallest absolute Gasteiger partial charge is 0.419 e. The first-order chi connectivity index (χ1) is 19.6. The van der Waals surface area contributed by atoms with E-state index in [-0.39, 0.29) is 17.8 Å². The van der Waals surface area contributed by atoms with E-state index in [4.69, 9.17) is 0 Å². The van der Waals surface area contributed by atoms with Crippen LogP contribution < -0.4 is 0 Å². The van der Waals surface area contributed by atoms with Crippen LogP contribution in [0.4, 0.5) is 22.0 Å². The lowest BCUT2D eigenvalue weighted by atomic mass is 9.84. The molecule has 2 aliphatic rings. The number of benzene rings is 3. The summed E-state index contributed by atoms with van der Waals surface area (Å²) >= 11 is 0. The van der Waals surface area contributed by atoms with Crippen molar-refractivity contribution in [1.29, 1.82) is 0 Å². The molecule has 216 valence electrons. The highest BCUT2D eigenvalue weighted by molar-refractivity contribution is 6.01. The summed E-state index contributed by atoms with van der Waals surface area (Å²) in [6.07, 6.45) is -1.64. The van der Waals surface area contributed by atoms with E-state index in [0.717, 1.165) is 65.5 Å². The minimum Gasteiger partial charge on any atom is -0.478 e. The fourth-order valence-electron chi connectivity index (χ4n) is 6.16. The van der Waals surface area contributed by atoms with Crippen molar-refractivity contribution in [2.24, 2.45) is 5.92 Å². The number of hydrogen-bond acceptors (Lipinski definition) is 2. The molecule has 3 aromatic carbocycles. The second-order valence-electron chi connectivity index (χ2n) is 11.1. The summed E-state index contributed by atoms with van der Waals surface area (Å²) in [7, 11) is 0. The zero-order valence-corrected chi connectivity index (χ0v) is 22.8. The van der Waals surface area contributed by atoms with Gasteiger partial charge in [0.2, 0.25) is 0 Å². The summed E-state index contributed by atoms with van der Waals surface area (Å²) in [5.74, 6) is -1.81. The molecule has 0 saturated carbocycles. The first-order valence-corrected chi connectivity index (χ1v) is 13.9. The van der Waals surface area contributed by atoms with E-state index >= 15 is 4.39 Å². The number of carboxylic acid groups (broad SMARTS) is 1. The summed E-state index contributed by atoms with van der Waals surface area (Å²) in [5, 5.41) is 9.55. The predicted molar refractivity (Wildman–Crippen MR) is 149 cm³/mol. The van der Waals surface area contributed by atoms with Crippen LogP contribution in [0.5, 0.6) is 0 Å². The number of aromatic carboxylic acids is 1. The highest BCUT2D eigenvalue weighted by Crippen LogP contribution is 2.43. The van der Waals surface area contributed by atoms with Crippen LogP contribution in [0.2, 0.25) is 0 Å². The molecule has 0 spiro atoms. The van der Waals surface area contributed by atoms with Gasteiger partial charge in [0, 0.05) is 19.6 Å². The number of likely N-dealkylation sites (tertiary alicyclic amines) is 1. The van der Waals surface area contributed by atoms with Gasteiger partial charge >= 0.3 is 12.1 Å². The molecule has 8 heteroatoms. The molecule has 3 aromatic rings. The zero-order valence-electron chi connectivity index (χ0n) is 22.8. The van der Waals surface area contributed by atoms with Crippen LogP contribution in [-0.4, -0.2) is 42.3 Å². The van der Waals surface area contributed by atoms with E-state index in [1.165, 1.54) is 19.1 Å². The molecule has 1 N–H and O–H groups in total. The average Bonchev–Trinajstić information content (AvgIpc) is 3.10. The molecule has 0 aromatic heterocycles. The fraction of sp³-hybridized carbons (Fsp3) is 0.364. The second kappa shape index (κ2) is 11.8. The molecule has 41 heavy (non-hydrogen) atoms. The monoisotopic (exact) mass is 569 g/mol. The first-order valence-electron chi connectivity index (χ1n) is 13.9. The Hall–Kier alpha value is -3.52. The number of nitrogens with zero attached hydrogens (tertiary/aromatic N) is 1. The van der Waals surface area contributed by atoms with Gasteiger partial charge in [0.05, 0.1) is 17.8 Å². The molecular formula is C33H32F5NO2. The normalized spacial score (nSPS) is 16.3. The minimum atomic E-state index is -4.80. The van der Waals surface area contributed by atoms with Gasteiger partial charge in [-0.05, 0) is 108 Å². The molecule has 0 radical (unpaired) electrons. The Labute approximate surface area is 236 Å². The van der Waals surface area contributed by atoms with Crippen LogP contribution in [0, 0.1) is 18.7 Å². The fourth-order valence-corrected chi connectivity index (χ4v) is 6.16. The Morgan fingerprint density at radius 3 is 2.37 bits per heavy atom. The Bertz CT molecular complexity index is 1470. The SMILES string of the molecule is Cc1c(C2=C(c3ccc(CC4CN(CCCF)C4)cc3)c3ccc(C(=O)O)cc3CCC2)ccc(C(F)(F)F)c1F. The van der Waals surface area contributed by atoms with Gasteiger partial charge in [-0.1, -0.05) is 36.4 Å². The summed E-state index contributed by atoms with van der Waals surface area (Å²) in [5.41, 5.74) is 4.40. The summed E-state index contributed by atoms with van der Waals surface area (Å²) in [6, 6.07) is 15.2. The molecule has 1 aliphatic heterocycles. The molecule has 1 aliphatic carbocycles. The van der Waals surface area contributed by atoms with Crippen LogP contribution in [0.15, 0.2) is 54.6 Å². The van der Waals surface area contributed by atoms with Gasteiger partial charge in [-0.3, -0.25) is 4.39 Å². The molecule has 0 unspecified atom stereocenters. The van der Waals surface area contributed by atoms with E-state index < -0.39 is 23.5 Å². The number of carbonyl (C=O) groups is 1. The number of allylic oxidation sites excluding steroid dienone is 1. The number of fused-ring (bicyclic) bond motifs is 1. The van der Waals surface area contributed by atoms with Crippen molar-refractivity contribution < 1.29 is 31.9 Å². The zero-order chi connectivity index (χ0) is 29.3. The largest absolute Gasteiger partial charge is 0.478 e. The van der Waals surface area contributed by atoms with Crippen LogP contribution >= 0.6 is 0 Å². The molecular weight excluding hydrogens is 537 g/mol. The van der Waals surface area contributed by atoms with E-state index in [0.29, 0.717) is 37.2 Å². The maximum Gasteiger partial charge on any atom is 0.419 e. The number of halogens is 5. The molecule has 0 amide bonds. The van der Waals surface area contributed by atoms with E-state index in [1.54, 1.807) is 12.1 Å². The highest BCUT2D eigenvalue weighted by atomic mass is 19.4. The van der Waals surface area contributed by atoms with Crippen LogP contribution in [0.25, 0.3) is 11.1 Å². The molecule has 3 nitrogen and oxygen atoms in total. The summed E-state index contributed by atoms with van der Waals surface area (Å²) in [6.45, 7) is 3.72. The topological polar surface area (TPSA) is 40.5 Å². The maximum atomic E-state index is 15.1. The van der Waals surface area contributed by atoms with Gasteiger partial charge in [0.15, 0.2) is 0 Å². The van der Waals surface area contributed by atoms with E-state index in [2.05, 4.69) is 4.90 Å². The Kier molecular flexibility index (Phi) is 8.32. The van der Waals surface area contributed by atoms with Gasteiger partial charge in [-0.15, -0.1) is 0 Å². The molecule has 1 heterocycles. The molecule has 0 atom stereocenters. The maximum absolute atomic E-state index is 15.1. The van der Waals surface area contributed by atoms with Crippen molar-refractivity contribution in [2.45, 2.75) is 45.2 Å². The van der Waals surface area contributed by atoms with E-state index in [9.17, 15) is 27.5 Å². The first kappa shape index (κ1) is 29.0.